The molecule has 0 amide bonds. The van der Waals surface area contributed by atoms with E-state index in [9.17, 15) is 17.6 Å². The molecule has 2 aromatic rings. The second kappa shape index (κ2) is 3.80. The number of nitrogens with zero attached hydrogens (tertiary/aromatic N) is 2. The van der Waals surface area contributed by atoms with Crippen molar-refractivity contribution in [1.29, 1.82) is 0 Å². The summed E-state index contributed by atoms with van der Waals surface area (Å²) >= 11 is 2.86. The number of hydrogen-bond acceptors (Lipinski definition) is 3. The van der Waals surface area contributed by atoms with Crippen molar-refractivity contribution in [2.75, 3.05) is 5.73 Å². The molecule has 0 spiro atoms. The van der Waals surface area contributed by atoms with Crippen LogP contribution in [-0.4, -0.2) is 9.97 Å². The number of hydrogen-bond donors (Lipinski definition) is 1. The predicted molar refractivity (Wildman–Crippen MR) is 56.6 cm³/mol. The zero-order valence-electron chi connectivity index (χ0n) is 8.02. The van der Waals surface area contributed by atoms with Gasteiger partial charge in [0.2, 0.25) is 5.82 Å². The van der Waals surface area contributed by atoms with E-state index in [4.69, 9.17) is 5.73 Å². The van der Waals surface area contributed by atoms with Crippen LogP contribution in [0, 0.1) is 5.82 Å². The highest BCUT2D eigenvalue weighted by atomic mass is 79.9. The van der Waals surface area contributed by atoms with Gasteiger partial charge in [0.25, 0.3) is 0 Å². The zero-order valence-corrected chi connectivity index (χ0v) is 9.60. The predicted octanol–water partition coefficient (Wildman–Crippen LogP) is 3.13. The minimum Gasteiger partial charge on any atom is -0.383 e. The number of anilines is 1. The van der Waals surface area contributed by atoms with Crippen LogP contribution in [0.5, 0.6) is 0 Å². The lowest BCUT2D eigenvalue weighted by Crippen LogP contribution is -2.13. The van der Waals surface area contributed by atoms with E-state index in [1.807, 2.05) is 0 Å². The van der Waals surface area contributed by atoms with Crippen LogP contribution in [0.1, 0.15) is 5.82 Å². The highest BCUT2D eigenvalue weighted by Crippen LogP contribution is 2.31. The first-order valence-corrected chi connectivity index (χ1v) is 5.08. The molecule has 1 heterocycles. The fourth-order valence-corrected chi connectivity index (χ4v) is 1.61. The van der Waals surface area contributed by atoms with Crippen LogP contribution in [0.3, 0.4) is 0 Å². The first-order valence-electron chi connectivity index (χ1n) is 4.29. The molecular formula is C9H4BrF4N3. The summed E-state index contributed by atoms with van der Waals surface area (Å²) in [5.41, 5.74) is 4.88. The minimum atomic E-state index is -4.77. The fraction of sp³-hybridized carbons (Fsp3) is 0.111. The van der Waals surface area contributed by atoms with Crippen molar-refractivity contribution in [2.24, 2.45) is 0 Å². The molecule has 0 saturated heterocycles. The number of alkyl halides is 3. The lowest BCUT2D eigenvalue weighted by atomic mass is 10.2. The molecule has 0 radical (unpaired) electrons. The van der Waals surface area contributed by atoms with Crippen molar-refractivity contribution >= 4 is 32.7 Å². The van der Waals surface area contributed by atoms with Crippen LogP contribution in [-0.2, 0) is 6.18 Å². The third-order valence-corrected chi connectivity index (χ3v) is 2.66. The Morgan fingerprint density at radius 2 is 1.82 bits per heavy atom. The van der Waals surface area contributed by atoms with Crippen LogP contribution < -0.4 is 5.73 Å². The maximum absolute atomic E-state index is 13.6. The zero-order chi connectivity index (χ0) is 12.8. The normalized spacial score (nSPS) is 12.1. The number of nitrogens with two attached hydrogens (primary N) is 1. The van der Waals surface area contributed by atoms with Gasteiger partial charge in [0, 0.05) is 5.39 Å². The van der Waals surface area contributed by atoms with E-state index in [0.717, 1.165) is 0 Å². The molecule has 0 unspecified atom stereocenters. The molecule has 0 aliphatic carbocycles. The van der Waals surface area contributed by atoms with Gasteiger partial charge in [0.15, 0.2) is 5.82 Å². The first kappa shape index (κ1) is 12.0. The number of benzene rings is 1. The van der Waals surface area contributed by atoms with Crippen LogP contribution in [0.4, 0.5) is 23.4 Å². The molecule has 3 nitrogen and oxygen atoms in total. The Morgan fingerprint density at radius 3 is 2.41 bits per heavy atom. The molecule has 8 heteroatoms. The molecule has 0 aliphatic heterocycles. The van der Waals surface area contributed by atoms with Crippen molar-refractivity contribution in [3.63, 3.8) is 0 Å². The molecule has 0 atom stereocenters. The third kappa shape index (κ3) is 2.04. The largest absolute Gasteiger partial charge is 0.451 e. The van der Waals surface area contributed by atoms with Crippen LogP contribution >= 0.6 is 15.9 Å². The monoisotopic (exact) mass is 309 g/mol. The Bertz CT molecular complexity index is 597. The van der Waals surface area contributed by atoms with Crippen LogP contribution in [0.2, 0.25) is 0 Å². The summed E-state index contributed by atoms with van der Waals surface area (Å²) in [4.78, 5) is 6.25. The van der Waals surface area contributed by atoms with Crippen LogP contribution in [0.25, 0.3) is 10.9 Å². The van der Waals surface area contributed by atoms with E-state index in [-0.39, 0.29) is 9.86 Å². The molecule has 0 fully saturated rings. The summed E-state index contributed by atoms with van der Waals surface area (Å²) in [5, 5.41) is 0.0405. The standard InChI is InChI=1S/C9H4BrF4N3/c10-4-2-1-3-6(5(4)11)16-8(9(12,13)14)17-7(3)15/h1-2H,(H2,15,16,17). The fourth-order valence-electron chi connectivity index (χ4n) is 1.29. The Kier molecular flexibility index (Phi) is 2.69. The van der Waals surface area contributed by atoms with E-state index in [0.29, 0.717) is 0 Å². The molecule has 90 valence electrons. The van der Waals surface area contributed by atoms with Gasteiger partial charge in [-0.15, -0.1) is 0 Å². The van der Waals surface area contributed by atoms with Gasteiger partial charge in [-0.25, -0.2) is 14.4 Å². The van der Waals surface area contributed by atoms with E-state index in [2.05, 4.69) is 25.9 Å². The quantitative estimate of drug-likeness (QED) is 0.761. The Balaban J connectivity index is 2.84. The second-order valence-corrected chi connectivity index (χ2v) is 4.04. The van der Waals surface area contributed by atoms with Crippen LogP contribution in [0.15, 0.2) is 16.6 Å². The number of aromatic nitrogens is 2. The molecule has 0 bridgehead atoms. The maximum Gasteiger partial charge on any atom is 0.451 e. The molecule has 17 heavy (non-hydrogen) atoms. The van der Waals surface area contributed by atoms with Gasteiger partial charge < -0.3 is 5.73 Å². The average molecular weight is 310 g/mol. The van der Waals surface area contributed by atoms with E-state index >= 15 is 0 Å². The van der Waals surface area contributed by atoms with Gasteiger partial charge in [-0.05, 0) is 28.1 Å². The van der Waals surface area contributed by atoms with Crippen molar-refractivity contribution in [2.45, 2.75) is 6.18 Å². The topological polar surface area (TPSA) is 51.8 Å². The summed E-state index contributed by atoms with van der Waals surface area (Å²) in [5.74, 6) is -2.77. The summed E-state index contributed by atoms with van der Waals surface area (Å²) < 4.78 is 50.8. The smallest absolute Gasteiger partial charge is 0.383 e. The van der Waals surface area contributed by atoms with Gasteiger partial charge >= 0.3 is 6.18 Å². The Morgan fingerprint density at radius 1 is 1.18 bits per heavy atom. The highest BCUT2D eigenvalue weighted by Gasteiger charge is 2.35. The van der Waals surface area contributed by atoms with Crippen molar-refractivity contribution in [3.05, 3.63) is 28.2 Å². The summed E-state index contributed by atoms with van der Waals surface area (Å²) in [6, 6.07) is 2.67. The number of rotatable bonds is 0. The summed E-state index contributed by atoms with van der Waals surface area (Å²) in [6.07, 6.45) is -4.77. The summed E-state index contributed by atoms with van der Waals surface area (Å²) in [7, 11) is 0. The van der Waals surface area contributed by atoms with Crippen molar-refractivity contribution in [1.82, 2.24) is 9.97 Å². The Labute approximate surface area is 101 Å². The first-order chi connectivity index (χ1) is 7.80. The second-order valence-electron chi connectivity index (χ2n) is 3.19. The highest BCUT2D eigenvalue weighted by molar-refractivity contribution is 9.10. The minimum absolute atomic E-state index is 0.0104. The Hall–Kier alpha value is -1.44. The molecular weight excluding hydrogens is 306 g/mol. The number of halogens is 5. The van der Waals surface area contributed by atoms with Gasteiger partial charge in [-0.2, -0.15) is 13.2 Å². The van der Waals surface area contributed by atoms with Gasteiger partial charge in [-0.1, -0.05) is 0 Å². The van der Waals surface area contributed by atoms with E-state index in [1.165, 1.54) is 12.1 Å². The molecule has 1 aromatic carbocycles. The average Bonchev–Trinajstić information content (AvgIpc) is 2.22. The number of nitrogen functional groups attached to an aromatic ring is 1. The lowest BCUT2D eigenvalue weighted by molar-refractivity contribution is -0.144. The van der Waals surface area contributed by atoms with E-state index < -0.39 is 29.2 Å². The van der Waals surface area contributed by atoms with Gasteiger partial charge in [0.1, 0.15) is 11.3 Å². The van der Waals surface area contributed by atoms with Gasteiger partial charge in [0.05, 0.1) is 4.47 Å². The van der Waals surface area contributed by atoms with Gasteiger partial charge in [-0.3, -0.25) is 0 Å². The molecule has 2 rings (SSSR count). The lowest BCUT2D eigenvalue weighted by Gasteiger charge is -2.08. The molecule has 1 aromatic heterocycles. The van der Waals surface area contributed by atoms with E-state index in [1.54, 1.807) is 0 Å². The third-order valence-electron chi connectivity index (χ3n) is 2.04. The molecule has 0 aliphatic rings. The SMILES string of the molecule is Nc1nc(C(F)(F)F)nc2c(F)c(Br)ccc12. The maximum atomic E-state index is 13.6. The molecule has 0 saturated carbocycles. The van der Waals surface area contributed by atoms with Crippen molar-refractivity contribution in [3.8, 4) is 0 Å². The summed E-state index contributed by atoms with van der Waals surface area (Å²) in [6.45, 7) is 0. The number of fused-ring (bicyclic) bond motifs is 1. The van der Waals surface area contributed by atoms with Crippen molar-refractivity contribution < 1.29 is 17.6 Å². The molecule has 2 N–H and O–H groups in total.